The smallest absolute Gasteiger partial charge is 0.266 e. The molecule has 1 aromatic heterocycles. The zero-order chi connectivity index (χ0) is 18.6. The molecule has 0 atom stereocenters. The van der Waals surface area contributed by atoms with E-state index in [-0.39, 0.29) is 11.5 Å². The molecule has 0 spiro atoms. The van der Waals surface area contributed by atoms with E-state index in [1.807, 2.05) is 30.3 Å². The summed E-state index contributed by atoms with van der Waals surface area (Å²) in [6.07, 6.45) is 2.28. The zero-order valence-corrected chi connectivity index (χ0v) is 15.3. The molecule has 2 fully saturated rings. The van der Waals surface area contributed by atoms with Crippen LogP contribution in [0.3, 0.4) is 0 Å². The number of carbonyl (C=O) groups is 1. The number of morpholine rings is 1. The molecule has 0 unspecified atom stereocenters. The number of carbonyl (C=O) groups excluding carboxylic acids is 1. The minimum Gasteiger partial charge on any atom is -0.378 e. The number of ether oxygens (including phenoxy) is 1. The summed E-state index contributed by atoms with van der Waals surface area (Å²) in [4.78, 5) is 26.5. The first-order valence-corrected chi connectivity index (χ1v) is 9.50. The summed E-state index contributed by atoms with van der Waals surface area (Å²) in [5.74, 6) is 0.353. The standard InChI is InChI=1S/C20H24N4O3/c25-19-8-7-18(15-1-2-15)22-24(19)10-9-21-20(26)16-3-5-17(6-4-16)23-11-13-27-14-12-23/h3-8,15H,1-2,9-14H2,(H,21,26). The van der Waals surface area contributed by atoms with Crippen molar-refractivity contribution in [2.45, 2.75) is 25.3 Å². The molecule has 142 valence electrons. The monoisotopic (exact) mass is 368 g/mol. The first-order valence-electron chi connectivity index (χ1n) is 9.50. The second kappa shape index (κ2) is 7.92. The molecule has 1 N–H and O–H groups in total. The van der Waals surface area contributed by atoms with Gasteiger partial charge in [0.1, 0.15) is 0 Å². The number of amides is 1. The molecule has 2 aromatic rings. The number of nitrogens with zero attached hydrogens (tertiary/aromatic N) is 3. The Bertz CT molecular complexity index is 852. The van der Waals surface area contributed by atoms with Crippen molar-refractivity contribution in [3.63, 3.8) is 0 Å². The quantitative estimate of drug-likeness (QED) is 0.834. The van der Waals surface area contributed by atoms with E-state index in [1.54, 1.807) is 6.07 Å². The van der Waals surface area contributed by atoms with E-state index >= 15 is 0 Å². The fourth-order valence-corrected chi connectivity index (χ4v) is 3.24. The molecule has 1 saturated carbocycles. The van der Waals surface area contributed by atoms with E-state index in [4.69, 9.17) is 4.74 Å². The van der Waals surface area contributed by atoms with E-state index < -0.39 is 0 Å². The van der Waals surface area contributed by atoms with Crippen LogP contribution in [0.25, 0.3) is 0 Å². The maximum Gasteiger partial charge on any atom is 0.266 e. The lowest BCUT2D eigenvalue weighted by Gasteiger charge is -2.28. The highest BCUT2D eigenvalue weighted by Gasteiger charge is 2.25. The van der Waals surface area contributed by atoms with Gasteiger partial charge in [-0.3, -0.25) is 9.59 Å². The number of anilines is 1. The highest BCUT2D eigenvalue weighted by molar-refractivity contribution is 5.94. The Morgan fingerprint density at radius 3 is 2.56 bits per heavy atom. The molecule has 0 radical (unpaired) electrons. The summed E-state index contributed by atoms with van der Waals surface area (Å²) in [5.41, 5.74) is 2.55. The lowest BCUT2D eigenvalue weighted by molar-refractivity contribution is 0.0951. The Kier molecular flexibility index (Phi) is 5.20. The van der Waals surface area contributed by atoms with Crippen LogP contribution in [0.2, 0.25) is 0 Å². The van der Waals surface area contributed by atoms with Crippen LogP contribution in [-0.2, 0) is 11.3 Å². The van der Waals surface area contributed by atoms with Crippen molar-refractivity contribution in [2.24, 2.45) is 0 Å². The average Bonchev–Trinajstić information content (AvgIpc) is 3.55. The van der Waals surface area contributed by atoms with Crippen molar-refractivity contribution in [1.29, 1.82) is 0 Å². The highest BCUT2D eigenvalue weighted by atomic mass is 16.5. The number of rotatable bonds is 6. The zero-order valence-electron chi connectivity index (χ0n) is 15.3. The Morgan fingerprint density at radius 2 is 1.85 bits per heavy atom. The molecule has 27 heavy (non-hydrogen) atoms. The Morgan fingerprint density at radius 1 is 1.11 bits per heavy atom. The van der Waals surface area contributed by atoms with Gasteiger partial charge in [0.2, 0.25) is 0 Å². The highest BCUT2D eigenvalue weighted by Crippen LogP contribution is 2.38. The second-order valence-corrected chi connectivity index (χ2v) is 7.00. The first-order chi connectivity index (χ1) is 13.2. The molecule has 1 saturated heterocycles. The van der Waals surface area contributed by atoms with Gasteiger partial charge in [0.15, 0.2) is 0 Å². The van der Waals surface area contributed by atoms with E-state index in [0.29, 0.717) is 24.6 Å². The maximum absolute atomic E-state index is 12.3. The van der Waals surface area contributed by atoms with Crippen LogP contribution >= 0.6 is 0 Å². The number of hydrogen-bond donors (Lipinski definition) is 1. The van der Waals surface area contributed by atoms with Crippen LogP contribution in [0.5, 0.6) is 0 Å². The third-order valence-corrected chi connectivity index (χ3v) is 5.00. The number of benzene rings is 1. The summed E-state index contributed by atoms with van der Waals surface area (Å²) >= 11 is 0. The third-order valence-electron chi connectivity index (χ3n) is 5.00. The number of hydrogen-bond acceptors (Lipinski definition) is 5. The van der Waals surface area contributed by atoms with Crippen molar-refractivity contribution in [2.75, 3.05) is 37.7 Å². The molecule has 1 amide bonds. The van der Waals surface area contributed by atoms with Crippen LogP contribution in [-0.4, -0.2) is 48.5 Å². The summed E-state index contributed by atoms with van der Waals surface area (Å²) in [5, 5.41) is 7.27. The molecule has 1 aliphatic heterocycles. The predicted octanol–water partition coefficient (Wildman–Crippen LogP) is 1.39. The van der Waals surface area contributed by atoms with Gasteiger partial charge in [-0.2, -0.15) is 5.10 Å². The molecule has 1 aromatic carbocycles. The number of nitrogens with one attached hydrogen (secondary N) is 1. The summed E-state index contributed by atoms with van der Waals surface area (Å²) in [6, 6.07) is 11.0. The van der Waals surface area contributed by atoms with Gasteiger partial charge in [0, 0.05) is 42.9 Å². The van der Waals surface area contributed by atoms with Crippen molar-refractivity contribution in [1.82, 2.24) is 15.1 Å². The molecule has 0 bridgehead atoms. The van der Waals surface area contributed by atoms with Gasteiger partial charge in [-0.15, -0.1) is 0 Å². The van der Waals surface area contributed by atoms with Gasteiger partial charge in [-0.1, -0.05) is 0 Å². The van der Waals surface area contributed by atoms with Gasteiger partial charge in [0.05, 0.1) is 25.5 Å². The first kappa shape index (κ1) is 17.7. The Labute approximate surface area is 157 Å². The summed E-state index contributed by atoms with van der Waals surface area (Å²) in [6.45, 7) is 3.94. The normalized spacial score (nSPS) is 17.0. The maximum atomic E-state index is 12.3. The van der Waals surface area contributed by atoms with Gasteiger partial charge < -0.3 is 15.0 Å². The molecule has 7 nitrogen and oxygen atoms in total. The van der Waals surface area contributed by atoms with Crippen LogP contribution in [0.15, 0.2) is 41.2 Å². The topological polar surface area (TPSA) is 76.5 Å². The summed E-state index contributed by atoms with van der Waals surface area (Å²) in [7, 11) is 0. The fourth-order valence-electron chi connectivity index (χ4n) is 3.24. The molecular weight excluding hydrogens is 344 g/mol. The second-order valence-electron chi connectivity index (χ2n) is 7.00. The van der Waals surface area contributed by atoms with Gasteiger partial charge in [-0.05, 0) is 43.2 Å². The lowest BCUT2D eigenvalue weighted by atomic mass is 10.1. The average molecular weight is 368 g/mol. The van der Waals surface area contributed by atoms with Gasteiger partial charge in [0.25, 0.3) is 11.5 Å². The van der Waals surface area contributed by atoms with Crippen LogP contribution < -0.4 is 15.8 Å². The summed E-state index contributed by atoms with van der Waals surface area (Å²) < 4.78 is 6.80. The van der Waals surface area contributed by atoms with Crippen molar-refractivity contribution in [3.8, 4) is 0 Å². The van der Waals surface area contributed by atoms with E-state index in [0.717, 1.165) is 50.5 Å². The molecule has 4 rings (SSSR count). The van der Waals surface area contributed by atoms with E-state index in [1.165, 1.54) is 4.68 Å². The Hall–Kier alpha value is -2.67. The molecule has 2 heterocycles. The fraction of sp³-hybridized carbons (Fsp3) is 0.450. The molecular formula is C20H24N4O3. The minimum absolute atomic E-state index is 0.136. The van der Waals surface area contributed by atoms with Crippen molar-refractivity contribution < 1.29 is 9.53 Å². The SMILES string of the molecule is O=C(NCCn1nc(C2CC2)ccc1=O)c1ccc(N2CCOCC2)cc1. The molecule has 2 aliphatic rings. The molecule has 1 aliphatic carbocycles. The minimum atomic E-state index is -0.144. The lowest BCUT2D eigenvalue weighted by Crippen LogP contribution is -2.36. The van der Waals surface area contributed by atoms with E-state index in [9.17, 15) is 9.59 Å². The van der Waals surface area contributed by atoms with Crippen molar-refractivity contribution in [3.05, 3.63) is 58.0 Å². The van der Waals surface area contributed by atoms with E-state index in [2.05, 4.69) is 15.3 Å². The van der Waals surface area contributed by atoms with Crippen LogP contribution in [0, 0.1) is 0 Å². The van der Waals surface area contributed by atoms with Gasteiger partial charge in [-0.25, -0.2) is 4.68 Å². The number of aromatic nitrogens is 2. The third kappa shape index (κ3) is 4.36. The Balaban J connectivity index is 1.31. The molecule has 7 heteroatoms. The largest absolute Gasteiger partial charge is 0.378 e. The van der Waals surface area contributed by atoms with Crippen LogP contribution in [0.1, 0.15) is 34.8 Å². The van der Waals surface area contributed by atoms with Crippen LogP contribution in [0.4, 0.5) is 5.69 Å². The van der Waals surface area contributed by atoms with Crippen molar-refractivity contribution >= 4 is 11.6 Å². The van der Waals surface area contributed by atoms with Gasteiger partial charge >= 0.3 is 0 Å². The predicted molar refractivity (Wildman–Crippen MR) is 102 cm³/mol.